The van der Waals surface area contributed by atoms with Crippen LogP contribution in [0, 0.1) is 0 Å². The number of aliphatic hydroxyl groups excluding tert-OH is 1. The number of carbonyl (C=O) groups is 2. The first-order valence-corrected chi connectivity index (χ1v) is 5.54. The van der Waals surface area contributed by atoms with Gasteiger partial charge < -0.3 is 15.3 Å². The van der Waals surface area contributed by atoms with E-state index in [1.807, 2.05) is 0 Å². The molecule has 1 rings (SSSR count). The average molecular weight is 218 g/mol. The molecule has 6 heteroatoms. The van der Waals surface area contributed by atoms with Crippen LogP contribution in [-0.2, 0) is 9.59 Å². The monoisotopic (exact) mass is 218 g/mol. The summed E-state index contributed by atoms with van der Waals surface area (Å²) in [6.45, 7) is 1.71. The molecular weight excluding hydrogens is 204 g/mol. The predicted octanol–water partition coefficient (Wildman–Crippen LogP) is -0.984. The molecule has 1 fully saturated rings. The number of thioether (sulfide) groups is 1. The molecule has 80 valence electrons. The van der Waals surface area contributed by atoms with Crippen molar-refractivity contribution in [1.29, 1.82) is 0 Å². The van der Waals surface area contributed by atoms with Crippen molar-refractivity contribution in [1.82, 2.24) is 10.2 Å². The SMILES string of the molecule is C[C@@H](CO)NC(=O)CN1CSCC1=O. The van der Waals surface area contributed by atoms with Crippen molar-refractivity contribution >= 4 is 23.6 Å². The molecule has 2 amide bonds. The number of hydrogen-bond acceptors (Lipinski definition) is 4. The van der Waals surface area contributed by atoms with Gasteiger partial charge in [0.1, 0.15) is 6.54 Å². The Labute approximate surface area is 86.8 Å². The number of nitrogens with one attached hydrogen (secondary N) is 1. The summed E-state index contributed by atoms with van der Waals surface area (Å²) in [7, 11) is 0. The van der Waals surface area contributed by atoms with Gasteiger partial charge in [0.05, 0.1) is 18.2 Å². The molecule has 1 atom stereocenters. The normalized spacial score (nSPS) is 18.4. The molecule has 0 spiro atoms. The van der Waals surface area contributed by atoms with Crippen molar-refractivity contribution in [3.63, 3.8) is 0 Å². The Morgan fingerprint density at radius 1 is 1.79 bits per heavy atom. The summed E-state index contributed by atoms with van der Waals surface area (Å²) in [6.07, 6.45) is 0. The van der Waals surface area contributed by atoms with Gasteiger partial charge in [-0.05, 0) is 6.92 Å². The standard InChI is InChI=1S/C8H14N2O3S/c1-6(3-11)9-7(12)2-10-5-14-4-8(10)13/h6,11H,2-5H2,1H3,(H,9,12)/t6-/m0/s1. The first-order valence-electron chi connectivity index (χ1n) is 4.39. The highest BCUT2D eigenvalue weighted by Gasteiger charge is 2.23. The van der Waals surface area contributed by atoms with Crippen LogP contribution in [0.5, 0.6) is 0 Å². The van der Waals surface area contributed by atoms with Crippen LogP contribution in [0.4, 0.5) is 0 Å². The summed E-state index contributed by atoms with van der Waals surface area (Å²) in [5, 5.41) is 11.3. The van der Waals surface area contributed by atoms with Gasteiger partial charge in [0.2, 0.25) is 11.8 Å². The lowest BCUT2D eigenvalue weighted by Crippen LogP contribution is -2.42. The summed E-state index contributed by atoms with van der Waals surface area (Å²) in [6, 6.07) is -0.257. The lowest BCUT2D eigenvalue weighted by atomic mass is 10.3. The van der Waals surface area contributed by atoms with Gasteiger partial charge >= 0.3 is 0 Å². The fourth-order valence-electron chi connectivity index (χ4n) is 1.08. The number of hydrogen-bond donors (Lipinski definition) is 2. The summed E-state index contributed by atoms with van der Waals surface area (Å²) in [5.74, 6) is 0.826. The maximum Gasteiger partial charge on any atom is 0.239 e. The highest BCUT2D eigenvalue weighted by atomic mass is 32.2. The Hall–Kier alpha value is -0.750. The zero-order chi connectivity index (χ0) is 10.6. The third-order valence-corrected chi connectivity index (χ3v) is 2.79. The largest absolute Gasteiger partial charge is 0.394 e. The maximum absolute atomic E-state index is 11.3. The number of aliphatic hydroxyl groups is 1. The highest BCUT2D eigenvalue weighted by molar-refractivity contribution is 8.00. The second-order valence-corrected chi connectivity index (χ2v) is 4.18. The second-order valence-electron chi connectivity index (χ2n) is 3.22. The Bertz CT molecular complexity index is 235. The van der Waals surface area contributed by atoms with Crippen molar-refractivity contribution in [2.45, 2.75) is 13.0 Å². The predicted molar refractivity (Wildman–Crippen MR) is 53.7 cm³/mol. The van der Waals surface area contributed by atoms with Crippen LogP contribution in [0.2, 0.25) is 0 Å². The third-order valence-electron chi connectivity index (χ3n) is 1.84. The minimum absolute atomic E-state index is 0.00167. The lowest BCUT2D eigenvalue weighted by molar-refractivity contribution is -0.132. The van der Waals surface area contributed by atoms with E-state index in [0.717, 1.165) is 0 Å². The number of carbonyl (C=O) groups excluding carboxylic acids is 2. The van der Waals surface area contributed by atoms with Crippen molar-refractivity contribution in [3.8, 4) is 0 Å². The van der Waals surface area contributed by atoms with Gasteiger partial charge in [-0.1, -0.05) is 0 Å². The fraction of sp³-hybridized carbons (Fsp3) is 0.750. The second kappa shape index (κ2) is 5.21. The Morgan fingerprint density at radius 2 is 2.50 bits per heavy atom. The molecule has 1 aliphatic heterocycles. The zero-order valence-electron chi connectivity index (χ0n) is 8.02. The Balaban J connectivity index is 2.29. The molecule has 0 unspecified atom stereocenters. The Morgan fingerprint density at radius 3 is 3.00 bits per heavy atom. The molecule has 1 aliphatic rings. The van der Waals surface area contributed by atoms with Gasteiger partial charge in [-0.25, -0.2) is 0 Å². The average Bonchev–Trinajstić information content (AvgIpc) is 2.51. The molecule has 1 heterocycles. The minimum atomic E-state index is -0.257. The molecule has 2 N–H and O–H groups in total. The van der Waals surface area contributed by atoms with E-state index in [9.17, 15) is 9.59 Å². The van der Waals surface area contributed by atoms with Crippen molar-refractivity contribution in [2.75, 3.05) is 24.8 Å². The minimum Gasteiger partial charge on any atom is -0.394 e. The van der Waals surface area contributed by atoms with Crippen LogP contribution in [0.1, 0.15) is 6.92 Å². The van der Waals surface area contributed by atoms with E-state index < -0.39 is 0 Å². The van der Waals surface area contributed by atoms with E-state index in [0.29, 0.717) is 11.6 Å². The highest BCUT2D eigenvalue weighted by Crippen LogP contribution is 2.13. The van der Waals surface area contributed by atoms with Crippen LogP contribution < -0.4 is 5.32 Å². The van der Waals surface area contributed by atoms with Gasteiger partial charge in [0.15, 0.2) is 0 Å². The van der Waals surface area contributed by atoms with E-state index in [1.165, 1.54) is 16.7 Å². The summed E-state index contributed by atoms with van der Waals surface area (Å²) in [4.78, 5) is 23.9. The number of rotatable bonds is 4. The van der Waals surface area contributed by atoms with E-state index in [-0.39, 0.29) is 31.0 Å². The fourth-order valence-corrected chi connectivity index (χ4v) is 1.98. The molecule has 0 aromatic carbocycles. The molecule has 14 heavy (non-hydrogen) atoms. The quantitative estimate of drug-likeness (QED) is 0.636. The first kappa shape index (κ1) is 11.3. The van der Waals surface area contributed by atoms with Crippen molar-refractivity contribution in [3.05, 3.63) is 0 Å². The molecule has 1 saturated heterocycles. The van der Waals surface area contributed by atoms with E-state index in [4.69, 9.17) is 5.11 Å². The summed E-state index contributed by atoms with van der Waals surface area (Å²) < 4.78 is 0. The third kappa shape index (κ3) is 3.19. The van der Waals surface area contributed by atoms with Crippen LogP contribution in [-0.4, -0.2) is 52.6 Å². The van der Waals surface area contributed by atoms with Crippen molar-refractivity contribution < 1.29 is 14.7 Å². The topological polar surface area (TPSA) is 69.6 Å². The van der Waals surface area contributed by atoms with Gasteiger partial charge in [-0.3, -0.25) is 9.59 Å². The van der Waals surface area contributed by atoms with E-state index in [1.54, 1.807) is 6.92 Å². The first-order chi connectivity index (χ1) is 6.63. The molecular formula is C8H14N2O3S. The molecule has 0 aliphatic carbocycles. The van der Waals surface area contributed by atoms with Gasteiger partial charge in [0, 0.05) is 6.04 Å². The maximum atomic E-state index is 11.3. The van der Waals surface area contributed by atoms with Crippen LogP contribution in [0.3, 0.4) is 0 Å². The molecule has 0 aromatic rings. The molecule has 5 nitrogen and oxygen atoms in total. The van der Waals surface area contributed by atoms with Crippen molar-refractivity contribution in [2.24, 2.45) is 0 Å². The van der Waals surface area contributed by atoms with E-state index in [2.05, 4.69) is 5.32 Å². The van der Waals surface area contributed by atoms with Crippen LogP contribution >= 0.6 is 11.8 Å². The van der Waals surface area contributed by atoms with Gasteiger partial charge in [-0.2, -0.15) is 0 Å². The van der Waals surface area contributed by atoms with Crippen LogP contribution in [0.15, 0.2) is 0 Å². The summed E-state index contributed by atoms with van der Waals surface area (Å²) in [5.41, 5.74) is 0. The van der Waals surface area contributed by atoms with E-state index >= 15 is 0 Å². The van der Waals surface area contributed by atoms with Gasteiger partial charge in [-0.15, -0.1) is 11.8 Å². The smallest absolute Gasteiger partial charge is 0.239 e. The number of nitrogens with zero attached hydrogens (tertiary/aromatic N) is 1. The molecule has 0 radical (unpaired) electrons. The lowest BCUT2D eigenvalue weighted by Gasteiger charge is -2.16. The molecule has 0 aromatic heterocycles. The zero-order valence-corrected chi connectivity index (χ0v) is 8.84. The van der Waals surface area contributed by atoms with Crippen LogP contribution in [0.25, 0.3) is 0 Å². The summed E-state index contributed by atoms with van der Waals surface area (Å²) >= 11 is 1.50. The Kier molecular flexibility index (Phi) is 4.21. The number of amides is 2. The molecule has 0 saturated carbocycles. The molecule has 0 bridgehead atoms. The van der Waals surface area contributed by atoms with Gasteiger partial charge in [0.25, 0.3) is 0 Å².